The molecule has 8 nitrogen and oxygen atoms in total. The lowest BCUT2D eigenvalue weighted by atomic mass is 9.98. The fourth-order valence-electron chi connectivity index (χ4n) is 5.49. The van der Waals surface area contributed by atoms with Crippen molar-refractivity contribution in [3.63, 3.8) is 0 Å². The van der Waals surface area contributed by atoms with E-state index < -0.39 is 4.92 Å². The zero-order chi connectivity index (χ0) is 26.9. The highest BCUT2D eigenvalue weighted by molar-refractivity contribution is 8.00. The molecule has 4 aromatic rings. The van der Waals surface area contributed by atoms with Gasteiger partial charge in [-0.1, -0.05) is 30.0 Å². The molecule has 0 saturated carbocycles. The smallest absolute Gasteiger partial charge is 0.270 e. The molecule has 10 heteroatoms. The summed E-state index contributed by atoms with van der Waals surface area (Å²) >= 11 is 3.03. The van der Waals surface area contributed by atoms with Gasteiger partial charge in [0.15, 0.2) is 4.34 Å². The lowest BCUT2D eigenvalue weighted by molar-refractivity contribution is -0.384. The summed E-state index contributed by atoms with van der Waals surface area (Å²) in [5.74, 6) is 1.47. The maximum absolute atomic E-state index is 13.5. The highest BCUT2D eigenvalue weighted by Crippen LogP contribution is 2.39. The van der Waals surface area contributed by atoms with Gasteiger partial charge in [-0.05, 0) is 54.8 Å². The minimum absolute atomic E-state index is 0.0357. The van der Waals surface area contributed by atoms with Crippen LogP contribution in [0.4, 0.5) is 5.69 Å². The van der Waals surface area contributed by atoms with Crippen LogP contribution in [-0.2, 0) is 5.75 Å². The first-order chi connectivity index (χ1) is 19.0. The van der Waals surface area contributed by atoms with Gasteiger partial charge in [-0.2, -0.15) is 5.26 Å². The quantitative estimate of drug-likeness (QED) is 0.144. The van der Waals surface area contributed by atoms with E-state index in [1.165, 1.54) is 17.4 Å². The first-order valence-electron chi connectivity index (χ1n) is 12.7. The third kappa shape index (κ3) is 5.33. The van der Waals surface area contributed by atoms with Crippen LogP contribution >= 0.6 is 23.1 Å². The molecule has 2 bridgehead atoms. The Hall–Kier alpha value is -3.94. The number of ether oxygens (including phenoxy) is 1. The monoisotopic (exact) mass is 556 g/mol. The van der Waals surface area contributed by atoms with Crippen molar-refractivity contribution in [1.29, 1.82) is 5.26 Å². The van der Waals surface area contributed by atoms with Gasteiger partial charge in [-0.25, -0.2) is 4.98 Å². The van der Waals surface area contributed by atoms with Gasteiger partial charge in [-0.15, -0.1) is 11.3 Å². The summed E-state index contributed by atoms with van der Waals surface area (Å²) in [5.41, 5.74) is 3.17. The van der Waals surface area contributed by atoms with Gasteiger partial charge < -0.3 is 9.64 Å². The minimum atomic E-state index is -0.396. The van der Waals surface area contributed by atoms with Crippen LogP contribution in [0.15, 0.2) is 71.1 Å². The molecule has 1 unspecified atom stereocenters. The molecule has 3 aromatic carbocycles. The first kappa shape index (κ1) is 25.3. The van der Waals surface area contributed by atoms with Gasteiger partial charge >= 0.3 is 0 Å². The van der Waals surface area contributed by atoms with Crippen molar-refractivity contribution in [2.75, 3.05) is 0 Å². The zero-order valence-corrected chi connectivity index (χ0v) is 22.5. The standard InChI is InChI=1S/C29H24N4O4S2/c30-16-19-2-1-3-24(12-19)37-25-13-21-8-9-22(14-25)32(21)28(34)20-6-4-18(5-7-20)17-38-29-31-26-11-10-23(33(35)36)15-27(26)39-29/h1-7,10-12,15,21-22,25H,8-9,13-14,17H2/t21-,22+,25?. The average molecular weight is 557 g/mol. The molecule has 0 radical (unpaired) electrons. The molecular formula is C29H24N4O4S2. The normalized spacial score (nSPS) is 20.1. The second-order valence-electron chi connectivity index (χ2n) is 9.82. The number of benzene rings is 3. The van der Waals surface area contributed by atoms with Crippen LogP contribution in [0, 0.1) is 21.4 Å². The Morgan fingerprint density at radius 1 is 1.13 bits per heavy atom. The number of nitro benzene ring substituents is 1. The van der Waals surface area contributed by atoms with E-state index in [4.69, 9.17) is 10.00 Å². The predicted molar refractivity (Wildman–Crippen MR) is 150 cm³/mol. The predicted octanol–water partition coefficient (Wildman–Crippen LogP) is 6.58. The number of non-ortho nitro benzene ring substituents is 1. The Labute approximate surface area is 233 Å². The van der Waals surface area contributed by atoms with Crippen molar-refractivity contribution in [2.45, 2.75) is 54.0 Å². The van der Waals surface area contributed by atoms with E-state index in [1.54, 1.807) is 36.0 Å². The van der Waals surface area contributed by atoms with Crippen LogP contribution in [0.25, 0.3) is 10.2 Å². The number of carbonyl (C=O) groups is 1. The largest absolute Gasteiger partial charge is 0.490 e. The van der Waals surface area contributed by atoms with Crippen molar-refractivity contribution < 1.29 is 14.5 Å². The number of hydrogen-bond donors (Lipinski definition) is 0. The van der Waals surface area contributed by atoms with Gasteiger partial charge in [0, 0.05) is 48.4 Å². The molecule has 3 atom stereocenters. The maximum atomic E-state index is 13.5. The SMILES string of the molecule is N#Cc1cccc(OC2C[C@H]3CC[C@@H](C2)N3C(=O)c2ccc(CSc3nc4ccc([N+](=O)[O-])cc4s3)cc2)c1. The Morgan fingerprint density at radius 2 is 1.90 bits per heavy atom. The summed E-state index contributed by atoms with van der Waals surface area (Å²) in [6.45, 7) is 0. The van der Waals surface area contributed by atoms with Crippen LogP contribution in [0.1, 0.15) is 47.2 Å². The number of fused-ring (bicyclic) bond motifs is 3. The number of nitro groups is 1. The number of nitriles is 1. The summed E-state index contributed by atoms with van der Waals surface area (Å²) in [5, 5.41) is 20.2. The summed E-state index contributed by atoms with van der Waals surface area (Å²) in [6, 6.07) is 22.2. The van der Waals surface area contributed by atoms with E-state index in [1.807, 2.05) is 36.4 Å². The number of hydrogen-bond acceptors (Lipinski definition) is 8. The van der Waals surface area contributed by atoms with Crippen molar-refractivity contribution in [3.05, 3.63) is 93.5 Å². The van der Waals surface area contributed by atoms with Crippen molar-refractivity contribution >= 4 is 44.9 Å². The Kier molecular flexibility index (Phi) is 6.94. The number of amides is 1. The van der Waals surface area contributed by atoms with E-state index >= 15 is 0 Å². The molecule has 3 heterocycles. The molecule has 1 aromatic heterocycles. The molecule has 2 fully saturated rings. The summed E-state index contributed by atoms with van der Waals surface area (Å²) in [4.78, 5) is 30.7. The number of piperidine rings is 1. The zero-order valence-electron chi connectivity index (χ0n) is 20.9. The Balaban J connectivity index is 1.07. The fourth-order valence-corrected chi connectivity index (χ4v) is 7.55. The first-order valence-corrected chi connectivity index (χ1v) is 14.5. The average Bonchev–Trinajstić information content (AvgIpc) is 3.48. The van der Waals surface area contributed by atoms with Crippen LogP contribution in [0.3, 0.4) is 0 Å². The number of thiazole rings is 1. The third-order valence-electron chi connectivity index (χ3n) is 7.32. The van der Waals surface area contributed by atoms with Crippen LogP contribution in [0.5, 0.6) is 5.75 Å². The molecule has 2 saturated heterocycles. The molecule has 6 rings (SSSR count). The van der Waals surface area contributed by atoms with Gasteiger partial charge in [-0.3, -0.25) is 14.9 Å². The second kappa shape index (κ2) is 10.7. The number of thioether (sulfide) groups is 1. The van der Waals surface area contributed by atoms with E-state index in [9.17, 15) is 14.9 Å². The second-order valence-corrected chi connectivity index (χ2v) is 12.1. The summed E-state index contributed by atoms with van der Waals surface area (Å²) < 4.78 is 7.85. The van der Waals surface area contributed by atoms with Gasteiger partial charge in [0.2, 0.25) is 0 Å². The van der Waals surface area contributed by atoms with E-state index in [-0.39, 0.29) is 29.8 Å². The van der Waals surface area contributed by atoms with Gasteiger partial charge in [0.25, 0.3) is 11.6 Å². The number of nitrogens with zero attached hydrogens (tertiary/aromatic N) is 4. The number of rotatable bonds is 7. The molecular weight excluding hydrogens is 532 g/mol. The van der Waals surface area contributed by atoms with Crippen molar-refractivity contribution in [1.82, 2.24) is 9.88 Å². The maximum Gasteiger partial charge on any atom is 0.270 e. The molecule has 196 valence electrons. The minimum Gasteiger partial charge on any atom is -0.490 e. The van der Waals surface area contributed by atoms with Gasteiger partial charge in [0.1, 0.15) is 11.9 Å². The van der Waals surface area contributed by atoms with Crippen LogP contribution in [0.2, 0.25) is 0 Å². The highest BCUT2D eigenvalue weighted by Gasteiger charge is 2.44. The topological polar surface area (TPSA) is 109 Å². The Morgan fingerprint density at radius 3 is 2.62 bits per heavy atom. The highest BCUT2D eigenvalue weighted by atomic mass is 32.2. The molecule has 0 aliphatic carbocycles. The third-order valence-corrected chi connectivity index (χ3v) is 9.55. The van der Waals surface area contributed by atoms with E-state index in [0.29, 0.717) is 22.6 Å². The Bertz CT molecular complexity index is 1580. The van der Waals surface area contributed by atoms with Crippen LogP contribution < -0.4 is 4.74 Å². The van der Waals surface area contributed by atoms with Crippen LogP contribution in [-0.4, -0.2) is 38.9 Å². The molecule has 2 aliphatic heterocycles. The number of carbonyl (C=O) groups excluding carboxylic acids is 1. The number of aromatic nitrogens is 1. The molecule has 0 N–H and O–H groups in total. The lowest BCUT2D eigenvalue weighted by Gasteiger charge is -2.39. The molecule has 39 heavy (non-hydrogen) atoms. The van der Waals surface area contributed by atoms with E-state index in [0.717, 1.165) is 45.8 Å². The summed E-state index contributed by atoms with van der Waals surface area (Å²) in [7, 11) is 0. The van der Waals surface area contributed by atoms with Crippen molar-refractivity contribution in [3.8, 4) is 11.8 Å². The van der Waals surface area contributed by atoms with Gasteiger partial charge in [0.05, 0.1) is 26.8 Å². The fraction of sp³-hybridized carbons (Fsp3) is 0.276. The summed E-state index contributed by atoms with van der Waals surface area (Å²) in [6.07, 6.45) is 3.58. The molecule has 1 amide bonds. The van der Waals surface area contributed by atoms with E-state index in [2.05, 4.69) is 16.0 Å². The lowest BCUT2D eigenvalue weighted by Crippen LogP contribution is -2.49. The molecule has 0 spiro atoms. The molecule has 2 aliphatic rings. The van der Waals surface area contributed by atoms with Crippen molar-refractivity contribution in [2.24, 2.45) is 0 Å².